The Hall–Kier alpha value is -8.73. The monoisotopic (exact) mass is 826 g/mol. The number of hydrogen-bond acceptors (Lipinski definition) is 1. The van der Waals surface area contributed by atoms with Crippen molar-refractivity contribution in [3.8, 4) is 39.4 Å². The molecule has 0 fully saturated rings. The molecule has 10 aromatic carbocycles. The van der Waals surface area contributed by atoms with Crippen LogP contribution < -0.4 is 0 Å². The van der Waals surface area contributed by atoms with E-state index in [9.17, 15) is 0 Å². The highest BCUT2D eigenvalue weighted by Crippen LogP contribution is 2.44. The van der Waals surface area contributed by atoms with Crippen LogP contribution in [0.25, 0.3) is 127 Å². The van der Waals surface area contributed by atoms with Gasteiger partial charge in [0, 0.05) is 65.7 Å². The molecule has 0 aliphatic carbocycles. The Morgan fingerprint density at radius 3 is 1.28 bits per heavy atom. The molecule has 4 heterocycles. The van der Waals surface area contributed by atoms with Crippen LogP contribution in [-0.4, -0.2) is 18.7 Å². The van der Waals surface area contributed by atoms with Crippen molar-refractivity contribution in [2.24, 2.45) is 0 Å². The number of hydrogen-bond donors (Lipinski definition) is 0. The number of benzene rings is 10. The zero-order chi connectivity index (χ0) is 42.6. The van der Waals surface area contributed by atoms with E-state index in [4.69, 9.17) is 4.98 Å². The van der Waals surface area contributed by atoms with Gasteiger partial charge in [-0.1, -0.05) is 158 Å². The number of nitrogens with zero attached hydrogens (tertiary/aromatic N) is 4. The summed E-state index contributed by atoms with van der Waals surface area (Å²) in [6.45, 7) is 0. The maximum absolute atomic E-state index is 5.59. The van der Waals surface area contributed by atoms with Crippen LogP contribution in [0.4, 0.5) is 0 Å². The van der Waals surface area contributed by atoms with Gasteiger partial charge in [0.05, 0.1) is 44.3 Å². The quantitative estimate of drug-likeness (QED) is 0.159. The molecule has 0 aliphatic rings. The molecule has 0 atom stereocenters. The summed E-state index contributed by atoms with van der Waals surface area (Å²) < 4.78 is 7.31. The Morgan fingerprint density at radius 1 is 0.262 bits per heavy atom. The average molecular weight is 827 g/mol. The number of aromatic nitrogens is 4. The van der Waals surface area contributed by atoms with Gasteiger partial charge in [-0.05, 0) is 89.3 Å². The standard InChI is InChI=1S/C61H38N4/c1-2-19-42(20-3-1)65-58-32-15-9-26-50(58)52-34-33-51-45-21-4-10-27-53(45)62-60(59(51)61(52)65)40-18-16-17-39(35-40)41-36-43(63-54-28-11-5-22-46(54)47-23-6-12-29-55(47)63)38-44(37-41)64-56-30-13-7-24-48(56)49-25-8-14-31-57(49)64/h1-38H. The normalized spacial score (nSPS) is 12.0. The van der Waals surface area contributed by atoms with E-state index in [1.165, 1.54) is 65.3 Å². The van der Waals surface area contributed by atoms with Crippen molar-refractivity contribution in [1.29, 1.82) is 0 Å². The van der Waals surface area contributed by atoms with Crippen LogP contribution in [0.2, 0.25) is 0 Å². The summed E-state index contributed by atoms with van der Waals surface area (Å²) in [7, 11) is 0. The van der Waals surface area contributed by atoms with Gasteiger partial charge >= 0.3 is 0 Å². The molecular weight excluding hydrogens is 789 g/mol. The molecule has 0 radical (unpaired) electrons. The van der Waals surface area contributed by atoms with E-state index in [1.54, 1.807) is 0 Å². The second kappa shape index (κ2) is 13.9. The molecule has 14 aromatic rings. The molecule has 14 rings (SSSR count). The Morgan fingerprint density at radius 2 is 0.708 bits per heavy atom. The van der Waals surface area contributed by atoms with E-state index in [2.05, 4.69) is 244 Å². The summed E-state index contributed by atoms with van der Waals surface area (Å²) >= 11 is 0. The van der Waals surface area contributed by atoms with Gasteiger partial charge in [0.15, 0.2) is 0 Å². The van der Waals surface area contributed by atoms with Crippen LogP contribution in [0.1, 0.15) is 0 Å². The maximum Gasteiger partial charge on any atom is 0.0809 e. The summed E-state index contributed by atoms with van der Waals surface area (Å²) in [5.41, 5.74) is 15.6. The number of para-hydroxylation sites is 7. The van der Waals surface area contributed by atoms with E-state index < -0.39 is 0 Å². The minimum atomic E-state index is 0.965. The van der Waals surface area contributed by atoms with Crippen LogP contribution in [0.5, 0.6) is 0 Å². The van der Waals surface area contributed by atoms with Crippen molar-refractivity contribution in [3.05, 3.63) is 231 Å². The van der Waals surface area contributed by atoms with Crippen molar-refractivity contribution >= 4 is 87.1 Å². The van der Waals surface area contributed by atoms with Gasteiger partial charge in [-0.3, -0.25) is 0 Å². The fourth-order valence-corrected chi connectivity index (χ4v) is 10.8. The smallest absolute Gasteiger partial charge is 0.0809 e. The lowest BCUT2D eigenvalue weighted by Crippen LogP contribution is -2.00. The molecule has 0 bridgehead atoms. The molecule has 4 aromatic heterocycles. The third-order valence-electron chi connectivity index (χ3n) is 13.6. The van der Waals surface area contributed by atoms with E-state index in [1.807, 2.05) is 0 Å². The minimum Gasteiger partial charge on any atom is -0.309 e. The molecule has 0 aliphatic heterocycles. The molecule has 4 heteroatoms. The van der Waals surface area contributed by atoms with Gasteiger partial charge in [-0.25, -0.2) is 4.98 Å². The zero-order valence-electron chi connectivity index (χ0n) is 35.2. The Kier molecular flexibility index (Phi) is 7.65. The lowest BCUT2D eigenvalue weighted by Gasteiger charge is -2.17. The van der Waals surface area contributed by atoms with Gasteiger partial charge in [-0.15, -0.1) is 0 Å². The maximum atomic E-state index is 5.59. The van der Waals surface area contributed by atoms with Gasteiger partial charge < -0.3 is 13.7 Å². The van der Waals surface area contributed by atoms with E-state index in [0.717, 1.165) is 61.3 Å². The van der Waals surface area contributed by atoms with E-state index in [-0.39, 0.29) is 0 Å². The van der Waals surface area contributed by atoms with Crippen LogP contribution >= 0.6 is 0 Å². The summed E-state index contributed by atoms with van der Waals surface area (Å²) in [6, 6.07) is 83.9. The largest absolute Gasteiger partial charge is 0.309 e. The van der Waals surface area contributed by atoms with Crippen molar-refractivity contribution in [1.82, 2.24) is 18.7 Å². The van der Waals surface area contributed by atoms with Crippen molar-refractivity contribution < 1.29 is 0 Å². The first-order valence-corrected chi connectivity index (χ1v) is 22.3. The summed E-state index contributed by atoms with van der Waals surface area (Å²) in [6.07, 6.45) is 0. The molecule has 0 amide bonds. The fourth-order valence-electron chi connectivity index (χ4n) is 10.8. The van der Waals surface area contributed by atoms with Crippen LogP contribution in [0.3, 0.4) is 0 Å². The molecule has 65 heavy (non-hydrogen) atoms. The van der Waals surface area contributed by atoms with Crippen molar-refractivity contribution in [2.45, 2.75) is 0 Å². The lowest BCUT2D eigenvalue weighted by atomic mass is 9.95. The second-order valence-corrected chi connectivity index (χ2v) is 17.1. The van der Waals surface area contributed by atoms with Gasteiger partial charge in [-0.2, -0.15) is 0 Å². The molecule has 0 saturated carbocycles. The van der Waals surface area contributed by atoms with Crippen LogP contribution in [-0.2, 0) is 0 Å². The molecule has 4 nitrogen and oxygen atoms in total. The van der Waals surface area contributed by atoms with Gasteiger partial charge in [0.1, 0.15) is 0 Å². The summed E-state index contributed by atoms with van der Waals surface area (Å²) in [5.74, 6) is 0. The first-order chi connectivity index (χ1) is 32.3. The van der Waals surface area contributed by atoms with Crippen molar-refractivity contribution in [3.63, 3.8) is 0 Å². The zero-order valence-corrected chi connectivity index (χ0v) is 35.2. The van der Waals surface area contributed by atoms with Crippen molar-refractivity contribution in [2.75, 3.05) is 0 Å². The third kappa shape index (κ3) is 5.28. The number of fused-ring (bicyclic) bond motifs is 13. The highest BCUT2D eigenvalue weighted by atomic mass is 15.0. The fraction of sp³-hybridized carbons (Fsp3) is 0. The summed E-state index contributed by atoms with van der Waals surface area (Å²) in [4.78, 5) is 5.59. The van der Waals surface area contributed by atoms with Crippen LogP contribution in [0.15, 0.2) is 231 Å². The predicted molar refractivity (Wildman–Crippen MR) is 273 cm³/mol. The molecular formula is C61H38N4. The number of rotatable bonds is 5. The van der Waals surface area contributed by atoms with E-state index >= 15 is 0 Å². The Labute approximate surface area is 374 Å². The van der Waals surface area contributed by atoms with Crippen LogP contribution in [0, 0.1) is 0 Å². The highest BCUT2D eigenvalue weighted by Gasteiger charge is 2.22. The first-order valence-electron chi connectivity index (χ1n) is 22.3. The molecule has 0 saturated heterocycles. The van der Waals surface area contributed by atoms with Gasteiger partial charge in [0.2, 0.25) is 0 Å². The average Bonchev–Trinajstić information content (AvgIpc) is 4.02. The predicted octanol–water partition coefficient (Wildman–Crippen LogP) is 16.0. The minimum absolute atomic E-state index is 0.965. The lowest BCUT2D eigenvalue weighted by molar-refractivity contribution is 1.13. The first kappa shape index (κ1) is 35.8. The SMILES string of the molecule is c1ccc(-n2c3ccccc3c3ccc4c5ccccc5nc(-c5cccc(-c6cc(-n7c8ccccc8c8ccccc87)cc(-n7c8ccccc8c8ccccc87)c6)c5)c4c32)cc1. The summed E-state index contributed by atoms with van der Waals surface area (Å²) in [5, 5.41) is 10.9. The molecule has 302 valence electrons. The second-order valence-electron chi connectivity index (χ2n) is 17.1. The topological polar surface area (TPSA) is 27.7 Å². The Bertz CT molecular complexity index is 4000. The molecule has 0 spiro atoms. The van der Waals surface area contributed by atoms with E-state index in [0.29, 0.717) is 0 Å². The van der Waals surface area contributed by atoms with Gasteiger partial charge in [0.25, 0.3) is 0 Å². The Balaban J connectivity index is 1.07. The highest BCUT2D eigenvalue weighted by molar-refractivity contribution is 6.26. The molecule has 0 unspecified atom stereocenters. The third-order valence-corrected chi connectivity index (χ3v) is 13.6. The number of pyridine rings is 1. The molecule has 0 N–H and O–H groups in total.